The minimum Gasteiger partial charge on any atom is -0.493 e. The lowest BCUT2D eigenvalue weighted by Crippen LogP contribution is -2.37. The van der Waals surface area contributed by atoms with Crippen LogP contribution in [-0.4, -0.2) is 61.5 Å². The molecule has 1 saturated heterocycles. The van der Waals surface area contributed by atoms with Crippen molar-refractivity contribution in [3.05, 3.63) is 47.9 Å². The SMILES string of the molecule is CCOc1ccc(CCC(=O)N2CCCN(C(=O)c3ccco3)CC2)cc1OC. The number of rotatable bonds is 7. The number of amides is 2. The zero-order chi connectivity index (χ0) is 20.6. The van der Waals surface area contributed by atoms with Gasteiger partial charge in [0.05, 0.1) is 20.0 Å². The van der Waals surface area contributed by atoms with E-state index in [1.54, 1.807) is 24.1 Å². The fraction of sp³-hybridized carbons (Fsp3) is 0.455. The Morgan fingerprint density at radius 2 is 1.86 bits per heavy atom. The van der Waals surface area contributed by atoms with Gasteiger partial charge in [0.1, 0.15) is 0 Å². The number of furan rings is 1. The van der Waals surface area contributed by atoms with Crippen molar-refractivity contribution in [3.63, 3.8) is 0 Å². The first kappa shape index (κ1) is 20.8. The van der Waals surface area contributed by atoms with Crippen LogP contribution in [0.5, 0.6) is 11.5 Å². The van der Waals surface area contributed by atoms with Crippen LogP contribution in [0.4, 0.5) is 0 Å². The highest BCUT2D eigenvalue weighted by molar-refractivity contribution is 5.91. The molecular formula is C22H28N2O5. The van der Waals surface area contributed by atoms with Crippen LogP contribution in [0.15, 0.2) is 41.0 Å². The second-order valence-corrected chi connectivity index (χ2v) is 6.92. The van der Waals surface area contributed by atoms with E-state index in [0.717, 1.165) is 12.0 Å². The van der Waals surface area contributed by atoms with Crippen molar-refractivity contribution in [1.82, 2.24) is 9.80 Å². The van der Waals surface area contributed by atoms with Crippen LogP contribution in [0.3, 0.4) is 0 Å². The number of methoxy groups -OCH3 is 1. The molecule has 1 fully saturated rings. The number of benzene rings is 1. The van der Waals surface area contributed by atoms with Gasteiger partial charge in [0.2, 0.25) is 5.91 Å². The van der Waals surface area contributed by atoms with E-state index >= 15 is 0 Å². The number of carbonyl (C=O) groups excluding carboxylic acids is 2. The maximum atomic E-state index is 12.7. The van der Waals surface area contributed by atoms with Crippen molar-refractivity contribution in [2.45, 2.75) is 26.2 Å². The molecular weight excluding hydrogens is 372 g/mol. The Morgan fingerprint density at radius 1 is 1.07 bits per heavy atom. The molecule has 3 rings (SSSR count). The van der Waals surface area contributed by atoms with E-state index in [4.69, 9.17) is 13.9 Å². The molecule has 1 aromatic carbocycles. The first-order chi connectivity index (χ1) is 14.1. The summed E-state index contributed by atoms with van der Waals surface area (Å²) in [6, 6.07) is 9.14. The summed E-state index contributed by atoms with van der Waals surface area (Å²) >= 11 is 0. The highest BCUT2D eigenvalue weighted by Gasteiger charge is 2.24. The van der Waals surface area contributed by atoms with Crippen LogP contribution in [0.2, 0.25) is 0 Å². The van der Waals surface area contributed by atoms with E-state index in [1.165, 1.54) is 6.26 Å². The van der Waals surface area contributed by atoms with Crippen LogP contribution >= 0.6 is 0 Å². The van der Waals surface area contributed by atoms with Crippen LogP contribution in [0, 0.1) is 0 Å². The van der Waals surface area contributed by atoms with Crippen molar-refractivity contribution in [3.8, 4) is 11.5 Å². The Morgan fingerprint density at radius 3 is 2.59 bits per heavy atom. The molecule has 0 N–H and O–H groups in total. The number of hydrogen-bond donors (Lipinski definition) is 0. The fourth-order valence-corrected chi connectivity index (χ4v) is 3.48. The Labute approximate surface area is 171 Å². The molecule has 1 aromatic heterocycles. The summed E-state index contributed by atoms with van der Waals surface area (Å²) in [5.41, 5.74) is 1.03. The van der Waals surface area contributed by atoms with Crippen molar-refractivity contribution in [2.24, 2.45) is 0 Å². The van der Waals surface area contributed by atoms with Gasteiger partial charge in [-0.1, -0.05) is 6.07 Å². The van der Waals surface area contributed by atoms with E-state index in [2.05, 4.69) is 0 Å². The second kappa shape index (κ2) is 10.0. The zero-order valence-corrected chi connectivity index (χ0v) is 17.1. The molecule has 0 aliphatic carbocycles. The number of aryl methyl sites for hydroxylation is 1. The molecule has 0 atom stereocenters. The summed E-state index contributed by atoms with van der Waals surface area (Å²) in [6.07, 6.45) is 3.31. The first-order valence-electron chi connectivity index (χ1n) is 10.0. The molecule has 0 spiro atoms. The number of carbonyl (C=O) groups is 2. The molecule has 1 aliphatic heterocycles. The van der Waals surface area contributed by atoms with Crippen LogP contribution in [0.25, 0.3) is 0 Å². The van der Waals surface area contributed by atoms with Crippen molar-refractivity contribution >= 4 is 11.8 Å². The summed E-state index contributed by atoms with van der Waals surface area (Å²) < 4.78 is 16.1. The Balaban J connectivity index is 1.53. The van der Waals surface area contributed by atoms with Crippen LogP contribution in [0.1, 0.15) is 35.9 Å². The lowest BCUT2D eigenvalue weighted by Gasteiger charge is -2.21. The monoisotopic (exact) mass is 400 g/mol. The summed E-state index contributed by atoms with van der Waals surface area (Å²) in [6.45, 7) is 4.84. The van der Waals surface area contributed by atoms with Gasteiger partial charge in [-0.3, -0.25) is 9.59 Å². The topological polar surface area (TPSA) is 72.2 Å². The fourth-order valence-electron chi connectivity index (χ4n) is 3.48. The van der Waals surface area contributed by atoms with E-state index < -0.39 is 0 Å². The van der Waals surface area contributed by atoms with Crippen molar-refractivity contribution in [1.29, 1.82) is 0 Å². The summed E-state index contributed by atoms with van der Waals surface area (Å²) in [7, 11) is 1.61. The third-order valence-electron chi connectivity index (χ3n) is 5.02. The quantitative estimate of drug-likeness (QED) is 0.714. The highest BCUT2D eigenvalue weighted by Crippen LogP contribution is 2.28. The second-order valence-electron chi connectivity index (χ2n) is 6.92. The highest BCUT2D eigenvalue weighted by atomic mass is 16.5. The molecule has 0 radical (unpaired) electrons. The lowest BCUT2D eigenvalue weighted by molar-refractivity contribution is -0.131. The third-order valence-corrected chi connectivity index (χ3v) is 5.02. The van der Waals surface area contributed by atoms with Gasteiger partial charge in [0.25, 0.3) is 5.91 Å². The average molecular weight is 400 g/mol. The predicted octanol–water partition coefficient (Wildman–Crippen LogP) is 2.99. The third kappa shape index (κ3) is 5.31. The molecule has 2 amide bonds. The van der Waals surface area contributed by atoms with E-state index in [-0.39, 0.29) is 11.8 Å². The minimum atomic E-state index is -0.120. The molecule has 7 nitrogen and oxygen atoms in total. The molecule has 0 saturated carbocycles. The van der Waals surface area contributed by atoms with Crippen molar-refractivity contribution in [2.75, 3.05) is 39.9 Å². The van der Waals surface area contributed by atoms with E-state index in [9.17, 15) is 9.59 Å². The molecule has 29 heavy (non-hydrogen) atoms. The Hall–Kier alpha value is -2.96. The Bertz CT molecular complexity index is 819. The summed E-state index contributed by atoms with van der Waals surface area (Å²) in [4.78, 5) is 28.7. The van der Waals surface area contributed by atoms with Gasteiger partial charge in [0.15, 0.2) is 17.3 Å². The maximum Gasteiger partial charge on any atom is 0.289 e. The van der Waals surface area contributed by atoms with Gasteiger partial charge in [-0.25, -0.2) is 0 Å². The van der Waals surface area contributed by atoms with Gasteiger partial charge >= 0.3 is 0 Å². The minimum absolute atomic E-state index is 0.102. The number of hydrogen-bond acceptors (Lipinski definition) is 5. The molecule has 156 valence electrons. The van der Waals surface area contributed by atoms with Crippen molar-refractivity contribution < 1.29 is 23.5 Å². The standard InChI is InChI=1S/C22H28N2O5/c1-3-28-18-9-7-17(16-20(18)27-2)8-10-21(25)23-11-5-12-24(14-13-23)22(26)19-6-4-15-29-19/h4,6-7,9,15-16H,3,5,8,10-14H2,1-2H3. The van der Waals surface area contributed by atoms with Gasteiger partial charge in [-0.2, -0.15) is 0 Å². The molecule has 2 heterocycles. The summed E-state index contributed by atoms with van der Waals surface area (Å²) in [5.74, 6) is 1.71. The number of nitrogens with zero attached hydrogens (tertiary/aromatic N) is 2. The number of ether oxygens (including phenoxy) is 2. The van der Waals surface area contributed by atoms with E-state index in [0.29, 0.717) is 62.9 Å². The molecule has 0 unspecified atom stereocenters. The Kier molecular flexibility index (Phi) is 7.16. The smallest absolute Gasteiger partial charge is 0.289 e. The van der Waals surface area contributed by atoms with Gasteiger partial charge in [-0.05, 0) is 49.6 Å². The van der Waals surface area contributed by atoms with Gasteiger partial charge in [0, 0.05) is 32.6 Å². The average Bonchev–Trinajstić information content (AvgIpc) is 3.17. The van der Waals surface area contributed by atoms with Crippen LogP contribution in [-0.2, 0) is 11.2 Å². The maximum absolute atomic E-state index is 12.7. The van der Waals surface area contributed by atoms with Gasteiger partial charge in [-0.15, -0.1) is 0 Å². The van der Waals surface area contributed by atoms with Gasteiger partial charge < -0.3 is 23.7 Å². The normalized spacial score (nSPS) is 14.4. The predicted molar refractivity (Wildman–Crippen MR) is 108 cm³/mol. The molecule has 2 aromatic rings. The van der Waals surface area contributed by atoms with E-state index in [1.807, 2.05) is 30.0 Å². The largest absolute Gasteiger partial charge is 0.493 e. The lowest BCUT2D eigenvalue weighted by atomic mass is 10.1. The molecule has 1 aliphatic rings. The molecule has 7 heteroatoms. The molecule has 0 bridgehead atoms. The van der Waals surface area contributed by atoms with Crippen LogP contribution < -0.4 is 9.47 Å². The zero-order valence-electron chi connectivity index (χ0n) is 17.1. The summed E-state index contributed by atoms with van der Waals surface area (Å²) in [5, 5.41) is 0. The first-order valence-corrected chi connectivity index (χ1v) is 10.0.